The number of nitrogen functional groups attached to an aromatic ring is 1. The van der Waals surface area contributed by atoms with Crippen molar-refractivity contribution in [3.63, 3.8) is 0 Å². The molecule has 0 bridgehead atoms. The number of anilines is 4. The molecule has 4 rings (SSSR count). The Morgan fingerprint density at radius 2 is 1.88 bits per heavy atom. The molecule has 0 aliphatic heterocycles. The molecule has 10 heteroatoms. The van der Waals surface area contributed by atoms with Crippen LogP contribution in [0.3, 0.4) is 0 Å². The molecule has 0 atom stereocenters. The maximum absolute atomic E-state index is 6.32. The summed E-state index contributed by atoms with van der Waals surface area (Å²) in [6, 6.07) is 11.7. The summed E-state index contributed by atoms with van der Waals surface area (Å²) >= 11 is 0. The zero-order valence-electron chi connectivity index (χ0n) is 19.6. The Kier molecular flexibility index (Phi) is 6.27. The molecular weight excluding hydrogens is 418 g/mol. The number of aryl methyl sites for hydroxylation is 1. The molecule has 172 valence electrons. The fraction of sp³-hybridized carbons (Fsp3) is 0.304. The Hall–Kier alpha value is -3.92. The van der Waals surface area contributed by atoms with Crippen LogP contribution in [-0.2, 0) is 7.05 Å². The van der Waals surface area contributed by atoms with E-state index in [9.17, 15) is 0 Å². The molecule has 3 N–H and O–H groups in total. The number of rotatable bonds is 8. The van der Waals surface area contributed by atoms with Crippen molar-refractivity contribution in [1.82, 2.24) is 29.6 Å². The standard InChI is InChI=1S/C23H29N9O/c1-30(2)12-13-31(3)21-16(24)14-18(22(28-21)33-5)27-23-25-11-10-17(26-23)20-15-8-6-7-9-19(15)32(4)29-20/h6-11,14H,12-13,24H2,1-5H3,(H,25,26,27). The van der Waals surface area contributed by atoms with E-state index >= 15 is 0 Å². The highest BCUT2D eigenvalue weighted by atomic mass is 16.5. The molecule has 33 heavy (non-hydrogen) atoms. The predicted molar refractivity (Wildman–Crippen MR) is 132 cm³/mol. The Labute approximate surface area is 193 Å². The van der Waals surface area contributed by atoms with Crippen molar-refractivity contribution in [2.75, 3.05) is 57.3 Å². The first-order valence-corrected chi connectivity index (χ1v) is 10.6. The summed E-state index contributed by atoms with van der Waals surface area (Å²) in [5, 5.41) is 8.87. The fourth-order valence-electron chi connectivity index (χ4n) is 3.58. The van der Waals surface area contributed by atoms with Crippen LogP contribution in [-0.4, -0.2) is 71.0 Å². The van der Waals surface area contributed by atoms with Crippen LogP contribution in [0.15, 0.2) is 42.6 Å². The van der Waals surface area contributed by atoms with Crippen molar-refractivity contribution in [2.45, 2.75) is 0 Å². The first kappa shape index (κ1) is 22.3. The SMILES string of the molecule is COc1nc(N(C)CCN(C)C)c(N)cc1Nc1nccc(-c2nn(C)c3ccccc23)n1. The normalized spacial score (nSPS) is 11.2. The minimum Gasteiger partial charge on any atom is -0.479 e. The quantitative estimate of drug-likeness (QED) is 0.421. The van der Waals surface area contributed by atoms with Crippen molar-refractivity contribution in [3.8, 4) is 17.3 Å². The number of hydrogen-bond donors (Lipinski definition) is 2. The highest BCUT2D eigenvalue weighted by Gasteiger charge is 2.16. The zero-order valence-corrected chi connectivity index (χ0v) is 19.6. The van der Waals surface area contributed by atoms with Crippen molar-refractivity contribution >= 4 is 34.0 Å². The maximum atomic E-state index is 6.32. The van der Waals surface area contributed by atoms with Gasteiger partial charge in [-0.25, -0.2) is 9.97 Å². The number of ether oxygens (including phenoxy) is 1. The van der Waals surface area contributed by atoms with Gasteiger partial charge in [-0.2, -0.15) is 10.1 Å². The van der Waals surface area contributed by atoms with Gasteiger partial charge in [-0.1, -0.05) is 18.2 Å². The van der Waals surface area contributed by atoms with Crippen LogP contribution in [0.4, 0.5) is 23.1 Å². The van der Waals surface area contributed by atoms with E-state index < -0.39 is 0 Å². The van der Waals surface area contributed by atoms with E-state index in [0.717, 1.165) is 29.7 Å². The van der Waals surface area contributed by atoms with Crippen LogP contribution < -0.4 is 20.7 Å². The third-order valence-corrected chi connectivity index (χ3v) is 5.34. The highest BCUT2D eigenvalue weighted by molar-refractivity contribution is 5.92. The lowest BCUT2D eigenvalue weighted by atomic mass is 10.1. The lowest BCUT2D eigenvalue weighted by Crippen LogP contribution is -2.29. The number of para-hydroxylation sites is 1. The van der Waals surface area contributed by atoms with Crippen LogP contribution in [0.5, 0.6) is 5.88 Å². The van der Waals surface area contributed by atoms with Crippen LogP contribution in [0.2, 0.25) is 0 Å². The van der Waals surface area contributed by atoms with Crippen molar-refractivity contribution in [3.05, 3.63) is 42.6 Å². The molecule has 3 aromatic heterocycles. The summed E-state index contributed by atoms with van der Waals surface area (Å²) in [6.07, 6.45) is 1.70. The lowest BCUT2D eigenvalue weighted by molar-refractivity contribution is 0.398. The van der Waals surface area contributed by atoms with Crippen LogP contribution in [0.25, 0.3) is 22.3 Å². The molecule has 3 heterocycles. The maximum Gasteiger partial charge on any atom is 0.239 e. The van der Waals surface area contributed by atoms with Gasteiger partial charge in [0.15, 0.2) is 5.82 Å². The number of nitrogens with two attached hydrogens (primary N) is 1. The second kappa shape index (κ2) is 9.29. The molecule has 0 spiro atoms. The number of fused-ring (bicyclic) bond motifs is 1. The monoisotopic (exact) mass is 447 g/mol. The van der Waals surface area contributed by atoms with Gasteiger partial charge in [0.25, 0.3) is 0 Å². The molecule has 10 nitrogen and oxygen atoms in total. The number of nitrogens with zero attached hydrogens (tertiary/aromatic N) is 7. The van der Waals surface area contributed by atoms with Crippen molar-refractivity contribution in [2.24, 2.45) is 7.05 Å². The van der Waals surface area contributed by atoms with Gasteiger partial charge >= 0.3 is 0 Å². The molecule has 1 aromatic carbocycles. The molecule has 0 unspecified atom stereocenters. The average molecular weight is 448 g/mol. The Balaban J connectivity index is 1.63. The van der Waals surface area contributed by atoms with E-state index in [-0.39, 0.29) is 0 Å². The minimum absolute atomic E-state index is 0.399. The third-order valence-electron chi connectivity index (χ3n) is 5.34. The Bertz CT molecular complexity index is 1270. The summed E-state index contributed by atoms with van der Waals surface area (Å²) in [6.45, 7) is 1.66. The van der Waals surface area contributed by atoms with Gasteiger partial charge in [-0.3, -0.25) is 4.68 Å². The van der Waals surface area contributed by atoms with Gasteiger partial charge in [0, 0.05) is 38.8 Å². The van der Waals surface area contributed by atoms with E-state index in [4.69, 9.17) is 10.5 Å². The van der Waals surface area contributed by atoms with Gasteiger partial charge in [0.2, 0.25) is 11.8 Å². The van der Waals surface area contributed by atoms with Gasteiger partial charge in [0.05, 0.1) is 24.0 Å². The second-order valence-electron chi connectivity index (χ2n) is 8.06. The van der Waals surface area contributed by atoms with Crippen molar-refractivity contribution in [1.29, 1.82) is 0 Å². The minimum atomic E-state index is 0.399. The topological polar surface area (TPSA) is 110 Å². The third kappa shape index (κ3) is 4.65. The number of nitrogens with one attached hydrogen (secondary N) is 1. The highest BCUT2D eigenvalue weighted by Crippen LogP contribution is 2.33. The number of aromatic nitrogens is 5. The number of benzene rings is 1. The smallest absolute Gasteiger partial charge is 0.239 e. The Morgan fingerprint density at radius 1 is 1.09 bits per heavy atom. The summed E-state index contributed by atoms with van der Waals surface area (Å²) in [4.78, 5) is 17.8. The van der Waals surface area contributed by atoms with E-state index in [0.29, 0.717) is 34.7 Å². The summed E-state index contributed by atoms with van der Waals surface area (Å²) in [5.74, 6) is 1.47. The average Bonchev–Trinajstić information content (AvgIpc) is 3.14. The molecule has 0 radical (unpaired) electrons. The molecule has 0 saturated carbocycles. The molecule has 0 amide bonds. The van der Waals surface area contributed by atoms with Crippen LogP contribution in [0, 0.1) is 0 Å². The molecule has 0 saturated heterocycles. The number of pyridine rings is 1. The van der Waals surface area contributed by atoms with Crippen molar-refractivity contribution < 1.29 is 4.74 Å². The van der Waals surface area contributed by atoms with E-state index in [1.54, 1.807) is 19.4 Å². The fourth-order valence-corrected chi connectivity index (χ4v) is 3.58. The molecule has 4 aromatic rings. The van der Waals surface area contributed by atoms with Gasteiger partial charge in [-0.15, -0.1) is 0 Å². The van der Waals surface area contributed by atoms with E-state index in [1.807, 2.05) is 68.1 Å². The van der Waals surface area contributed by atoms with Crippen LogP contribution in [0.1, 0.15) is 0 Å². The summed E-state index contributed by atoms with van der Waals surface area (Å²) < 4.78 is 7.37. The lowest BCUT2D eigenvalue weighted by Gasteiger charge is -2.23. The molecule has 0 fully saturated rings. The first-order chi connectivity index (χ1) is 15.9. The zero-order chi connectivity index (χ0) is 23.5. The van der Waals surface area contributed by atoms with Crippen LogP contribution >= 0.6 is 0 Å². The van der Waals surface area contributed by atoms with E-state index in [2.05, 4.69) is 30.3 Å². The number of hydrogen-bond acceptors (Lipinski definition) is 9. The second-order valence-corrected chi connectivity index (χ2v) is 8.06. The van der Waals surface area contributed by atoms with Gasteiger partial charge in [0.1, 0.15) is 11.4 Å². The summed E-state index contributed by atoms with van der Waals surface area (Å²) in [7, 11) is 9.51. The molecular formula is C23H29N9O. The first-order valence-electron chi connectivity index (χ1n) is 10.6. The van der Waals surface area contributed by atoms with Gasteiger partial charge in [-0.05, 0) is 32.3 Å². The van der Waals surface area contributed by atoms with E-state index in [1.165, 1.54) is 0 Å². The number of methoxy groups -OCH3 is 1. The largest absolute Gasteiger partial charge is 0.479 e. The molecule has 0 aliphatic carbocycles. The predicted octanol–water partition coefficient (Wildman–Crippen LogP) is 2.76. The summed E-state index contributed by atoms with van der Waals surface area (Å²) in [5.41, 5.74) is 9.98. The van der Waals surface area contributed by atoms with Gasteiger partial charge < -0.3 is 25.6 Å². The number of likely N-dealkylation sites (N-methyl/N-ethyl adjacent to an activating group) is 2. The molecule has 0 aliphatic rings. The Morgan fingerprint density at radius 3 is 2.64 bits per heavy atom.